The Hall–Kier alpha value is -2.58. The second kappa shape index (κ2) is 8.84. The van der Waals surface area contributed by atoms with Gasteiger partial charge in [0.25, 0.3) is 0 Å². The zero-order valence-corrected chi connectivity index (χ0v) is 17.5. The first kappa shape index (κ1) is 19.7. The van der Waals surface area contributed by atoms with Gasteiger partial charge in [-0.15, -0.1) is 9.24 Å². The number of hydrogen-bond donors (Lipinski definition) is 0. The molecular weight excluding hydrogens is 379 g/mol. The van der Waals surface area contributed by atoms with Gasteiger partial charge in [0.2, 0.25) is 0 Å². The molecular formula is C24H25N2O2P. The minimum atomic E-state index is -0.236. The fraction of sp³-hybridized carbons (Fsp3) is 0.292. The number of Topliss-reactive ketones (excluding diaryl/α,β-unsaturated/α-hetero) is 1. The summed E-state index contributed by atoms with van der Waals surface area (Å²) in [4.78, 5) is 29.6. The van der Waals surface area contributed by atoms with Crippen molar-refractivity contribution in [1.29, 1.82) is 0 Å². The summed E-state index contributed by atoms with van der Waals surface area (Å²) < 4.78 is 2.05. The van der Waals surface area contributed by atoms with E-state index in [0.29, 0.717) is 18.4 Å². The molecule has 2 atom stereocenters. The lowest BCUT2D eigenvalue weighted by Crippen LogP contribution is -2.19. The molecule has 0 spiro atoms. The minimum absolute atomic E-state index is 0.0116. The monoisotopic (exact) mass is 404 g/mol. The lowest BCUT2D eigenvalue weighted by molar-refractivity contribution is -0.118. The van der Waals surface area contributed by atoms with Gasteiger partial charge < -0.3 is 4.40 Å². The van der Waals surface area contributed by atoms with Gasteiger partial charge in [0, 0.05) is 24.4 Å². The summed E-state index contributed by atoms with van der Waals surface area (Å²) in [6.07, 6.45) is 20.5. The van der Waals surface area contributed by atoms with E-state index in [1.165, 1.54) is 24.5 Å². The maximum absolute atomic E-state index is 12.7. The van der Waals surface area contributed by atoms with Crippen molar-refractivity contribution >= 4 is 26.5 Å². The summed E-state index contributed by atoms with van der Waals surface area (Å²) in [7, 11) is 2.77. The number of rotatable bonds is 8. The van der Waals surface area contributed by atoms with Crippen LogP contribution in [0.4, 0.5) is 0 Å². The van der Waals surface area contributed by atoms with Crippen LogP contribution in [0.2, 0.25) is 0 Å². The Morgan fingerprint density at radius 1 is 1.10 bits per heavy atom. The molecule has 148 valence electrons. The third kappa shape index (κ3) is 4.54. The Balaban J connectivity index is 1.41. The highest BCUT2D eigenvalue weighted by atomic mass is 31.0. The maximum atomic E-state index is 12.7. The second-order valence-electron chi connectivity index (χ2n) is 7.57. The normalized spacial score (nSPS) is 18.0. The van der Waals surface area contributed by atoms with Crippen LogP contribution in [-0.2, 0) is 22.4 Å². The zero-order chi connectivity index (χ0) is 20.2. The predicted octanol–water partition coefficient (Wildman–Crippen LogP) is 4.21. The Labute approximate surface area is 173 Å². The fourth-order valence-electron chi connectivity index (χ4n) is 3.80. The number of imidazole rings is 1. The topological polar surface area (TPSA) is 51.4 Å². The summed E-state index contributed by atoms with van der Waals surface area (Å²) in [5.74, 6) is -0.268. The van der Waals surface area contributed by atoms with Crippen molar-refractivity contribution < 1.29 is 9.59 Å². The molecule has 2 aromatic heterocycles. The van der Waals surface area contributed by atoms with Gasteiger partial charge >= 0.3 is 0 Å². The molecule has 2 aromatic rings. The van der Waals surface area contributed by atoms with Crippen LogP contribution in [0.1, 0.15) is 30.5 Å². The first-order chi connectivity index (χ1) is 14.1. The van der Waals surface area contributed by atoms with Crippen LogP contribution in [0.25, 0.3) is 5.65 Å². The third-order valence-electron chi connectivity index (χ3n) is 5.40. The minimum Gasteiger partial charge on any atom is -0.307 e. The van der Waals surface area contributed by atoms with Crippen LogP contribution in [-0.4, -0.2) is 27.1 Å². The van der Waals surface area contributed by atoms with Crippen LogP contribution < -0.4 is 0 Å². The Kier molecular flexibility index (Phi) is 6.01. The molecule has 2 aliphatic carbocycles. The lowest BCUT2D eigenvalue weighted by Gasteiger charge is -2.19. The third-order valence-corrected chi connectivity index (χ3v) is 5.81. The molecule has 2 heterocycles. The van der Waals surface area contributed by atoms with E-state index < -0.39 is 0 Å². The van der Waals surface area contributed by atoms with Crippen molar-refractivity contribution in [2.24, 2.45) is 5.92 Å². The number of ketones is 2. The van der Waals surface area contributed by atoms with Crippen molar-refractivity contribution in [2.45, 2.75) is 32.1 Å². The molecule has 4 rings (SSSR count). The van der Waals surface area contributed by atoms with Gasteiger partial charge in [0.1, 0.15) is 5.65 Å². The summed E-state index contributed by atoms with van der Waals surface area (Å²) in [5, 5.41) is 0. The molecule has 0 N–H and O–H groups in total. The van der Waals surface area contributed by atoms with E-state index >= 15 is 0 Å². The molecule has 0 radical (unpaired) electrons. The number of unbranched alkanes of at least 4 members (excludes halogenated alkanes) is 1. The van der Waals surface area contributed by atoms with Crippen LogP contribution in [0.5, 0.6) is 0 Å². The van der Waals surface area contributed by atoms with Crippen molar-refractivity contribution in [2.75, 3.05) is 6.16 Å². The van der Waals surface area contributed by atoms with Crippen LogP contribution in [0.15, 0.2) is 72.1 Å². The number of nitrogens with zero attached hydrogens (tertiary/aromatic N) is 2. The molecule has 0 fully saturated rings. The molecule has 0 amide bonds. The van der Waals surface area contributed by atoms with Gasteiger partial charge in [-0.1, -0.05) is 30.4 Å². The number of hydrogen-bond acceptors (Lipinski definition) is 3. The summed E-state index contributed by atoms with van der Waals surface area (Å²) in [6.45, 7) is 0. The molecule has 2 unspecified atom stereocenters. The molecule has 0 saturated heterocycles. The number of aromatic nitrogens is 2. The van der Waals surface area contributed by atoms with E-state index in [-0.39, 0.29) is 17.5 Å². The lowest BCUT2D eigenvalue weighted by atomic mass is 9.83. The van der Waals surface area contributed by atoms with Crippen molar-refractivity contribution in [1.82, 2.24) is 9.38 Å². The van der Waals surface area contributed by atoms with E-state index in [4.69, 9.17) is 0 Å². The quantitative estimate of drug-likeness (QED) is 0.489. The molecule has 0 bridgehead atoms. The second-order valence-corrected chi connectivity index (χ2v) is 8.15. The largest absolute Gasteiger partial charge is 0.307 e. The van der Waals surface area contributed by atoms with Gasteiger partial charge in [-0.05, 0) is 61.2 Å². The Bertz CT molecular complexity index is 1070. The first-order valence-electron chi connectivity index (χ1n) is 10.2. The SMILES string of the molecule is O=C(CCc1cn2cc(CCCCP)ccc2n1)C1=CC(=O)C2C=CC=CC2=C1. The molecule has 0 aliphatic heterocycles. The summed E-state index contributed by atoms with van der Waals surface area (Å²) in [5.41, 5.74) is 4.50. The van der Waals surface area contributed by atoms with E-state index in [2.05, 4.69) is 26.5 Å². The van der Waals surface area contributed by atoms with Gasteiger partial charge in [0.05, 0.1) is 11.6 Å². The highest BCUT2D eigenvalue weighted by Crippen LogP contribution is 2.27. The van der Waals surface area contributed by atoms with Crippen molar-refractivity contribution in [3.8, 4) is 0 Å². The van der Waals surface area contributed by atoms with E-state index in [1.54, 1.807) is 0 Å². The van der Waals surface area contributed by atoms with Gasteiger partial charge in [0.15, 0.2) is 11.6 Å². The summed E-state index contributed by atoms with van der Waals surface area (Å²) >= 11 is 0. The first-order valence-corrected chi connectivity index (χ1v) is 11.0. The molecule has 29 heavy (non-hydrogen) atoms. The van der Waals surface area contributed by atoms with E-state index in [0.717, 1.165) is 29.5 Å². The molecule has 0 saturated carbocycles. The van der Waals surface area contributed by atoms with Crippen LogP contribution in [0, 0.1) is 5.92 Å². The number of pyridine rings is 1. The highest BCUT2D eigenvalue weighted by molar-refractivity contribution is 7.16. The number of carbonyl (C=O) groups excluding carboxylic acids is 2. The molecule has 0 aromatic carbocycles. The van der Waals surface area contributed by atoms with E-state index in [1.807, 2.05) is 47.0 Å². The van der Waals surface area contributed by atoms with Crippen LogP contribution >= 0.6 is 9.24 Å². The number of carbonyl (C=O) groups is 2. The predicted molar refractivity (Wildman–Crippen MR) is 119 cm³/mol. The van der Waals surface area contributed by atoms with Gasteiger partial charge in [-0.2, -0.15) is 0 Å². The maximum Gasteiger partial charge on any atom is 0.167 e. The van der Waals surface area contributed by atoms with Crippen LogP contribution in [0.3, 0.4) is 0 Å². The number of fused-ring (bicyclic) bond motifs is 2. The average molecular weight is 404 g/mol. The average Bonchev–Trinajstić information content (AvgIpc) is 3.14. The fourth-order valence-corrected chi connectivity index (χ4v) is 4.09. The molecule has 5 heteroatoms. The zero-order valence-electron chi connectivity index (χ0n) is 16.4. The molecule has 2 aliphatic rings. The standard InChI is InChI=1S/C24H25N2O2P/c27-22(19-13-18-6-1-2-7-21(18)23(28)14-19)10-9-20-16-26-15-17(5-3-4-12-29)8-11-24(26)25-20/h1-2,6-8,11,13-16,21H,3-5,9-10,12,29H2. The highest BCUT2D eigenvalue weighted by Gasteiger charge is 2.25. The van der Waals surface area contributed by atoms with E-state index in [9.17, 15) is 9.59 Å². The van der Waals surface area contributed by atoms with Crippen molar-refractivity contribution in [3.05, 3.63) is 83.4 Å². The summed E-state index contributed by atoms with van der Waals surface area (Å²) in [6, 6.07) is 4.17. The van der Waals surface area contributed by atoms with Gasteiger partial charge in [-0.3, -0.25) is 9.59 Å². The Morgan fingerprint density at radius 2 is 2.00 bits per heavy atom. The smallest absolute Gasteiger partial charge is 0.167 e. The van der Waals surface area contributed by atoms with Crippen molar-refractivity contribution in [3.63, 3.8) is 0 Å². The Morgan fingerprint density at radius 3 is 2.86 bits per heavy atom. The number of aryl methyl sites for hydroxylation is 2. The molecule has 4 nitrogen and oxygen atoms in total. The number of allylic oxidation sites excluding steroid dienone is 8. The van der Waals surface area contributed by atoms with Gasteiger partial charge in [-0.25, -0.2) is 4.98 Å².